The van der Waals surface area contributed by atoms with Gasteiger partial charge in [0.15, 0.2) is 0 Å². The molecule has 0 heterocycles. The van der Waals surface area contributed by atoms with Crippen LogP contribution >= 0.6 is 0 Å². The minimum atomic E-state index is -1.37. The Hall–Kier alpha value is -0.498. The van der Waals surface area contributed by atoms with Crippen LogP contribution in [0, 0.1) is 5.92 Å². The first-order valence-electron chi connectivity index (χ1n) is 8.49. The van der Waals surface area contributed by atoms with E-state index < -0.39 is 8.07 Å². The summed E-state index contributed by atoms with van der Waals surface area (Å²) in [5, 5.41) is 1.92. The molecule has 0 spiro atoms. The standard InChI is InChI=1S/C19H34BSi/c1-15(2)19(5,6)20-16(3)14-17(4)21(7,8)18-12-10-9-11-13-18/h9-13,15-17H,14H2,1-8H3/t16-,17-/m0/s1. The fourth-order valence-corrected chi connectivity index (χ4v) is 5.58. The molecular weight excluding hydrogens is 267 g/mol. The molecule has 0 aliphatic rings. The van der Waals surface area contributed by atoms with Crippen LogP contribution in [-0.4, -0.2) is 15.4 Å². The maximum Gasteiger partial charge on any atom is 0.121 e. The molecule has 1 radical (unpaired) electrons. The van der Waals surface area contributed by atoms with Gasteiger partial charge in [-0.25, -0.2) is 0 Å². The van der Waals surface area contributed by atoms with E-state index in [0.717, 1.165) is 5.54 Å². The zero-order valence-electron chi connectivity index (χ0n) is 15.4. The molecule has 0 bridgehead atoms. The molecule has 0 fully saturated rings. The van der Waals surface area contributed by atoms with Gasteiger partial charge in [0.2, 0.25) is 0 Å². The summed E-state index contributed by atoms with van der Waals surface area (Å²) < 4.78 is 0. The average Bonchev–Trinajstić information content (AvgIpc) is 2.38. The molecule has 117 valence electrons. The summed E-state index contributed by atoms with van der Waals surface area (Å²) in [5.74, 6) is 1.39. The monoisotopic (exact) mass is 301 g/mol. The third kappa shape index (κ3) is 5.02. The molecule has 1 aromatic carbocycles. The summed E-state index contributed by atoms with van der Waals surface area (Å²) in [4.78, 5) is 0. The Balaban J connectivity index is 2.70. The first-order valence-corrected chi connectivity index (χ1v) is 11.6. The topological polar surface area (TPSA) is 0 Å². The van der Waals surface area contributed by atoms with E-state index in [4.69, 9.17) is 0 Å². The number of hydrogen-bond donors (Lipinski definition) is 0. The van der Waals surface area contributed by atoms with Gasteiger partial charge in [0, 0.05) is 0 Å². The molecular formula is C19H34BSi. The molecule has 0 aliphatic carbocycles. The van der Waals surface area contributed by atoms with Crippen LogP contribution in [0.15, 0.2) is 30.3 Å². The third-order valence-electron chi connectivity index (χ3n) is 5.68. The summed E-state index contributed by atoms with van der Waals surface area (Å²) in [7, 11) is 1.22. The van der Waals surface area contributed by atoms with Gasteiger partial charge in [-0.3, -0.25) is 0 Å². The van der Waals surface area contributed by atoms with Gasteiger partial charge in [0.25, 0.3) is 0 Å². The Morgan fingerprint density at radius 2 is 1.52 bits per heavy atom. The Morgan fingerprint density at radius 3 is 2.00 bits per heavy atom. The van der Waals surface area contributed by atoms with Gasteiger partial charge in [-0.2, -0.15) is 0 Å². The van der Waals surface area contributed by atoms with Gasteiger partial charge in [-0.1, -0.05) is 108 Å². The van der Waals surface area contributed by atoms with Gasteiger partial charge >= 0.3 is 0 Å². The smallest absolute Gasteiger partial charge is 0.0710 e. The van der Waals surface area contributed by atoms with E-state index in [2.05, 4.69) is 92.2 Å². The summed E-state index contributed by atoms with van der Waals surface area (Å²) in [5.41, 5.74) is 0.800. The minimum absolute atomic E-state index is 0.331. The highest BCUT2D eigenvalue weighted by Gasteiger charge is 2.33. The van der Waals surface area contributed by atoms with E-state index in [0.29, 0.717) is 17.0 Å². The maximum atomic E-state index is 2.59. The van der Waals surface area contributed by atoms with Crippen LogP contribution in [0.3, 0.4) is 0 Å². The largest absolute Gasteiger partial charge is 0.121 e. The van der Waals surface area contributed by atoms with Crippen LogP contribution in [0.5, 0.6) is 0 Å². The van der Waals surface area contributed by atoms with E-state index in [1.807, 2.05) is 0 Å². The van der Waals surface area contributed by atoms with Crippen molar-refractivity contribution in [2.75, 3.05) is 0 Å². The highest BCUT2D eigenvalue weighted by Crippen LogP contribution is 2.39. The summed E-state index contributed by atoms with van der Waals surface area (Å²) >= 11 is 0. The lowest BCUT2D eigenvalue weighted by Gasteiger charge is -2.35. The van der Waals surface area contributed by atoms with E-state index in [9.17, 15) is 0 Å². The second kappa shape index (κ2) is 7.18. The van der Waals surface area contributed by atoms with Crippen molar-refractivity contribution < 1.29 is 0 Å². The molecule has 21 heavy (non-hydrogen) atoms. The van der Waals surface area contributed by atoms with Crippen LogP contribution in [0.4, 0.5) is 0 Å². The molecule has 0 saturated carbocycles. The second-order valence-corrected chi connectivity index (χ2v) is 13.4. The van der Waals surface area contributed by atoms with Gasteiger partial charge in [-0.15, -0.1) is 0 Å². The third-order valence-corrected chi connectivity index (χ3v) is 10.2. The minimum Gasteiger partial charge on any atom is -0.0710 e. The fourth-order valence-electron chi connectivity index (χ4n) is 3.00. The van der Waals surface area contributed by atoms with Gasteiger partial charge in [0.1, 0.15) is 7.28 Å². The van der Waals surface area contributed by atoms with Gasteiger partial charge in [-0.05, 0) is 11.5 Å². The van der Waals surface area contributed by atoms with E-state index in [-0.39, 0.29) is 0 Å². The summed E-state index contributed by atoms with van der Waals surface area (Å²) in [6.45, 7) is 19.3. The van der Waals surface area contributed by atoms with Crippen molar-refractivity contribution in [1.82, 2.24) is 0 Å². The number of rotatable bonds is 7. The Kier molecular flexibility index (Phi) is 6.34. The Bertz CT molecular complexity index is 422. The molecule has 0 aromatic heterocycles. The molecule has 0 N–H and O–H groups in total. The van der Waals surface area contributed by atoms with E-state index in [1.165, 1.54) is 6.42 Å². The van der Waals surface area contributed by atoms with Crippen molar-refractivity contribution in [3.8, 4) is 0 Å². The zero-order valence-corrected chi connectivity index (χ0v) is 16.4. The van der Waals surface area contributed by atoms with Crippen LogP contribution in [-0.2, 0) is 0 Å². The lowest BCUT2D eigenvalue weighted by atomic mass is 9.43. The molecule has 0 saturated heterocycles. The molecule has 1 aromatic rings. The van der Waals surface area contributed by atoms with Crippen LogP contribution in [0.1, 0.15) is 48.0 Å². The molecule has 0 unspecified atom stereocenters. The molecule has 0 aliphatic heterocycles. The first-order chi connectivity index (χ1) is 9.57. The Labute approximate surface area is 135 Å². The van der Waals surface area contributed by atoms with Crippen molar-refractivity contribution in [3.63, 3.8) is 0 Å². The molecule has 2 heteroatoms. The van der Waals surface area contributed by atoms with Crippen molar-refractivity contribution in [2.45, 2.75) is 77.7 Å². The van der Waals surface area contributed by atoms with E-state index >= 15 is 0 Å². The van der Waals surface area contributed by atoms with Crippen LogP contribution in [0.25, 0.3) is 0 Å². The molecule has 0 nitrogen and oxygen atoms in total. The van der Waals surface area contributed by atoms with Crippen LogP contribution < -0.4 is 5.19 Å². The highest BCUT2D eigenvalue weighted by molar-refractivity contribution is 6.90. The quantitative estimate of drug-likeness (QED) is 0.563. The maximum absolute atomic E-state index is 2.59. The van der Waals surface area contributed by atoms with E-state index in [1.54, 1.807) is 5.19 Å². The predicted molar refractivity (Wildman–Crippen MR) is 102 cm³/mol. The van der Waals surface area contributed by atoms with Gasteiger partial charge < -0.3 is 0 Å². The zero-order chi connectivity index (χ0) is 16.3. The molecule has 0 amide bonds. The highest BCUT2D eigenvalue weighted by atomic mass is 28.3. The molecule has 2 atom stereocenters. The SMILES string of the molecule is CC(C)C(C)(C)[B][C@@H](C)C[C@H](C)[Si](C)(C)c1ccccc1. The van der Waals surface area contributed by atoms with Gasteiger partial charge in [0.05, 0.1) is 8.07 Å². The summed E-state index contributed by atoms with van der Waals surface area (Å²) in [6.07, 6.45) is 1.31. The van der Waals surface area contributed by atoms with Crippen molar-refractivity contribution in [3.05, 3.63) is 30.3 Å². The van der Waals surface area contributed by atoms with Crippen molar-refractivity contribution >= 4 is 20.5 Å². The Morgan fingerprint density at radius 1 is 1.00 bits per heavy atom. The first kappa shape index (κ1) is 18.6. The number of hydrogen-bond acceptors (Lipinski definition) is 0. The van der Waals surface area contributed by atoms with Crippen molar-refractivity contribution in [1.29, 1.82) is 0 Å². The second-order valence-electron chi connectivity index (χ2n) is 8.34. The lowest BCUT2D eigenvalue weighted by Crippen LogP contribution is -2.45. The predicted octanol–water partition coefficient (Wildman–Crippen LogP) is 5.75. The van der Waals surface area contributed by atoms with Crippen molar-refractivity contribution in [2.24, 2.45) is 5.92 Å². The number of benzene rings is 1. The van der Waals surface area contributed by atoms with Crippen LogP contribution in [0.2, 0.25) is 29.8 Å². The lowest BCUT2D eigenvalue weighted by molar-refractivity contribution is 0.466. The normalized spacial score (nSPS) is 15.9. The fraction of sp³-hybridized carbons (Fsp3) is 0.684. The average molecular weight is 301 g/mol. The summed E-state index contributed by atoms with van der Waals surface area (Å²) in [6, 6.07) is 11.2. The molecule has 1 rings (SSSR count).